The van der Waals surface area contributed by atoms with Crippen molar-refractivity contribution in [2.24, 2.45) is 5.92 Å². The van der Waals surface area contributed by atoms with Crippen LogP contribution in [0.5, 0.6) is 0 Å². The standard InChI is InChI=1S/C19H21N3O4S/c1-13-4-2-7-20(10-13)16(23)12-21-15-6-9-27-17(15)18(24)22(19(21)25)11-14-5-3-8-26-14/h3,5-6,8-9,13H,2,4,7,10-12H2,1H3/t13-/m1/s1. The molecule has 1 atom stereocenters. The largest absolute Gasteiger partial charge is 0.467 e. The van der Waals surface area contributed by atoms with E-state index in [0.29, 0.717) is 28.4 Å². The number of rotatable bonds is 4. The van der Waals surface area contributed by atoms with Gasteiger partial charge in [0, 0.05) is 13.1 Å². The lowest BCUT2D eigenvalue weighted by Gasteiger charge is -2.31. The molecule has 1 fully saturated rings. The van der Waals surface area contributed by atoms with Crippen molar-refractivity contribution in [3.8, 4) is 0 Å². The van der Waals surface area contributed by atoms with E-state index in [0.717, 1.165) is 24.0 Å². The molecule has 1 aliphatic heterocycles. The van der Waals surface area contributed by atoms with Crippen LogP contribution in [0.1, 0.15) is 25.5 Å². The van der Waals surface area contributed by atoms with Crippen LogP contribution in [0.3, 0.4) is 0 Å². The first-order valence-electron chi connectivity index (χ1n) is 9.05. The minimum Gasteiger partial charge on any atom is -0.467 e. The Labute approximate surface area is 159 Å². The summed E-state index contributed by atoms with van der Waals surface area (Å²) in [5.74, 6) is 0.903. The second-order valence-electron chi connectivity index (χ2n) is 7.06. The maximum absolute atomic E-state index is 13.0. The fraction of sp³-hybridized carbons (Fsp3) is 0.421. The monoisotopic (exact) mass is 387 g/mol. The summed E-state index contributed by atoms with van der Waals surface area (Å²) in [6, 6.07) is 5.16. The highest BCUT2D eigenvalue weighted by atomic mass is 32.1. The number of thiophene rings is 1. The highest BCUT2D eigenvalue weighted by Crippen LogP contribution is 2.18. The minimum absolute atomic E-state index is 0.0491. The molecule has 4 heterocycles. The lowest BCUT2D eigenvalue weighted by atomic mass is 10.0. The number of furan rings is 1. The van der Waals surface area contributed by atoms with Crippen molar-refractivity contribution < 1.29 is 9.21 Å². The van der Waals surface area contributed by atoms with E-state index in [1.165, 1.54) is 22.2 Å². The molecule has 0 N–H and O–H groups in total. The zero-order chi connectivity index (χ0) is 19.0. The van der Waals surface area contributed by atoms with E-state index in [-0.39, 0.29) is 24.6 Å². The van der Waals surface area contributed by atoms with E-state index >= 15 is 0 Å². The maximum atomic E-state index is 13.0. The molecule has 0 aliphatic carbocycles. The van der Waals surface area contributed by atoms with Crippen LogP contribution in [-0.2, 0) is 17.9 Å². The predicted octanol–water partition coefficient (Wildman–Crippen LogP) is 2.12. The van der Waals surface area contributed by atoms with E-state index in [1.807, 2.05) is 4.90 Å². The average molecular weight is 387 g/mol. The molecule has 1 amide bonds. The SMILES string of the molecule is C[C@@H]1CCCN(C(=O)Cn2c(=O)n(Cc3ccco3)c(=O)c3sccc32)C1. The molecule has 0 bridgehead atoms. The van der Waals surface area contributed by atoms with Crippen molar-refractivity contribution in [2.75, 3.05) is 13.1 Å². The van der Waals surface area contributed by atoms with Gasteiger partial charge in [0.25, 0.3) is 5.56 Å². The van der Waals surface area contributed by atoms with Crippen LogP contribution in [0.2, 0.25) is 0 Å². The summed E-state index contributed by atoms with van der Waals surface area (Å²) in [5.41, 5.74) is -0.318. The van der Waals surface area contributed by atoms with Crippen LogP contribution in [0.25, 0.3) is 10.2 Å². The van der Waals surface area contributed by atoms with Gasteiger partial charge in [-0.25, -0.2) is 4.79 Å². The summed E-state index contributed by atoms with van der Waals surface area (Å²) >= 11 is 1.28. The first-order chi connectivity index (χ1) is 13.0. The van der Waals surface area contributed by atoms with Crippen LogP contribution < -0.4 is 11.2 Å². The van der Waals surface area contributed by atoms with Gasteiger partial charge in [-0.05, 0) is 42.3 Å². The summed E-state index contributed by atoms with van der Waals surface area (Å²) in [4.78, 5) is 40.4. The number of piperidine rings is 1. The first-order valence-corrected chi connectivity index (χ1v) is 9.93. The Kier molecular flexibility index (Phi) is 4.73. The highest BCUT2D eigenvalue weighted by molar-refractivity contribution is 7.17. The third kappa shape index (κ3) is 3.37. The summed E-state index contributed by atoms with van der Waals surface area (Å²) < 4.78 is 8.32. The molecule has 7 nitrogen and oxygen atoms in total. The minimum atomic E-state index is -0.485. The van der Waals surface area contributed by atoms with Crippen molar-refractivity contribution in [1.82, 2.24) is 14.0 Å². The molecule has 0 radical (unpaired) electrons. The number of hydrogen-bond donors (Lipinski definition) is 0. The van der Waals surface area contributed by atoms with Crippen LogP contribution in [-0.4, -0.2) is 33.0 Å². The van der Waals surface area contributed by atoms with E-state index in [2.05, 4.69) is 6.92 Å². The number of carbonyl (C=O) groups excluding carboxylic acids is 1. The van der Waals surface area contributed by atoms with Gasteiger partial charge in [-0.3, -0.25) is 18.7 Å². The molecule has 8 heteroatoms. The van der Waals surface area contributed by atoms with Gasteiger partial charge in [0.2, 0.25) is 5.91 Å². The summed E-state index contributed by atoms with van der Waals surface area (Å²) in [5, 5.41) is 1.77. The maximum Gasteiger partial charge on any atom is 0.332 e. The lowest BCUT2D eigenvalue weighted by Crippen LogP contribution is -2.45. The Morgan fingerprint density at radius 1 is 1.30 bits per heavy atom. The van der Waals surface area contributed by atoms with E-state index in [4.69, 9.17) is 4.42 Å². The Morgan fingerprint density at radius 2 is 2.15 bits per heavy atom. The van der Waals surface area contributed by atoms with Crippen LogP contribution in [0.15, 0.2) is 43.8 Å². The smallest absolute Gasteiger partial charge is 0.332 e. The highest BCUT2D eigenvalue weighted by Gasteiger charge is 2.23. The summed E-state index contributed by atoms with van der Waals surface area (Å²) in [6.07, 6.45) is 3.60. The normalized spacial score (nSPS) is 17.5. The molecule has 0 aromatic carbocycles. The topological polar surface area (TPSA) is 77.5 Å². The third-order valence-electron chi connectivity index (χ3n) is 5.03. The second kappa shape index (κ2) is 7.19. The fourth-order valence-corrected chi connectivity index (χ4v) is 4.48. The van der Waals surface area contributed by atoms with Gasteiger partial charge in [0.05, 0.1) is 18.3 Å². The molecular formula is C19H21N3O4S. The Hall–Kier alpha value is -2.61. The molecule has 0 unspecified atom stereocenters. The Bertz CT molecular complexity index is 1080. The molecule has 1 aliphatic rings. The van der Waals surface area contributed by atoms with Crippen molar-refractivity contribution >= 4 is 27.5 Å². The molecule has 0 saturated carbocycles. The molecule has 0 spiro atoms. The second-order valence-corrected chi connectivity index (χ2v) is 7.98. The summed E-state index contributed by atoms with van der Waals surface area (Å²) in [6.45, 7) is 3.56. The van der Waals surface area contributed by atoms with Gasteiger partial charge >= 0.3 is 5.69 Å². The molecule has 3 aromatic rings. The molecule has 142 valence electrons. The van der Waals surface area contributed by atoms with Gasteiger partial charge < -0.3 is 9.32 Å². The summed E-state index contributed by atoms with van der Waals surface area (Å²) in [7, 11) is 0. The van der Waals surface area contributed by atoms with Crippen molar-refractivity contribution in [3.05, 3.63) is 56.4 Å². The number of fused-ring (bicyclic) bond motifs is 1. The number of hydrogen-bond acceptors (Lipinski definition) is 5. The first kappa shape index (κ1) is 17.8. The van der Waals surface area contributed by atoms with E-state index < -0.39 is 5.69 Å². The molecule has 1 saturated heterocycles. The van der Waals surface area contributed by atoms with Crippen LogP contribution >= 0.6 is 11.3 Å². The number of likely N-dealkylation sites (tertiary alicyclic amines) is 1. The quantitative estimate of drug-likeness (QED) is 0.687. The zero-order valence-corrected chi connectivity index (χ0v) is 15.9. The van der Waals surface area contributed by atoms with Gasteiger partial charge in [0.15, 0.2) is 0 Å². The van der Waals surface area contributed by atoms with E-state index in [1.54, 1.807) is 23.6 Å². The number of amides is 1. The van der Waals surface area contributed by atoms with Crippen molar-refractivity contribution in [1.29, 1.82) is 0 Å². The van der Waals surface area contributed by atoms with Crippen LogP contribution in [0, 0.1) is 5.92 Å². The zero-order valence-electron chi connectivity index (χ0n) is 15.1. The predicted molar refractivity (Wildman–Crippen MR) is 103 cm³/mol. The average Bonchev–Trinajstić information content (AvgIpc) is 3.34. The number of carbonyl (C=O) groups is 1. The molecular weight excluding hydrogens is 366 g/mol. The number of nitrogens with zero attached hydrogens (tertiary/aromatic N) is 3. The third-order valence-corrected chi connectivity index (χ3v) is 5.93. The van der Waals surface area contributed by atoms with Crippen molar-refractivity contribution in [3.63, 3.8) is 0 Å². The van der Waals surface area contributed by atoms with Crippen molar-refractivity contribution in [2.45, 2.75) is 32.9 Å². The number of aromatic nitrogens is 2. The molecule has 27 heavy (non-hydrogen) atoms. The Balaban J connectivity index is 1.73. The van der Waals surface area contributed by atoms with Gasteiger partial charge in [-0.1, -0.05) is 6.92 Å². The Morgan fingerprint density at radius 3 is 2.89 bits per heavy atom. The van der Waals surface area contributed by atoms with Gasteiger partial charge in [0.1, 0.15) is 17.0 Å². The fourth-order valence-electron chi connectivity index (χ4n) is 3.64. The molecule has 4 rings (SSSR count). The van der Waals surface area contributed by atoms with E-state index in [9.17, 15) is 14.4 Å². The van der Waals surface area contributed by atoms with Gasteiger partial charge in [-0.2, -0.15) is 0 Å². The molecule has 3 aromatic heterocycles. The van der Waals surface area contributed by atoms with Gasteiger partial charge in [-0.15, -0.1) is 11.3 Å². The van der Waals surface area contributed by atoms with Crippen LogP contribution in [0.4, 0.5) is 0 Å². The lowest BCUT2D eigenvalue weighted by molar-refractivity contribution is -0.133.